The van der Waals surface area contributed by atoms with Gasteiger partial charge in [-0.15, -0.1) is 0 Å². The monoisotopic (exact) mass is 293 g/mol. The van der Waals surface area contributed by atoms with Crippen LogP contribution in [0.5, 0.6) is 0 Å². The Morgan fingerprint density at radius 1 is 1.19 bits per heavy atom. The number of benzene rings is 1. The highest BCUT2D eigenvalue weighted by Gasteiger charge is 2.11. The van der Waals surface area contributed by atoms with Gasteiger partial charge in [-0.1, -0.05) is 11.6 Å². The summed E-state index contributed by atoms with van der Waals surface area (Å²) in [5, 5.41) is 8.44. The van der Waals surface area contributed by atoms with Crippen molar-refractivity contribution < 1.29 is 14.3 Å². The highest BCUT2D eigenvalue weighted by Crippen LogP contribution is 2.16. The molecule has 0 saturated carbocycles. The first-order valence-electron chi connectivity index (χ1n) is 6.90. The minimum absolute atomic E-state index is 0.106. The summed E-state index contributed by atoms with van der Waals surface area (Å²) < 4.78 is 4.84. The number of ether oxygens (including phenoxy) is 1. The van der Waals surface area contributed by atoms with E-state index in [1.807, 2.05) is 25.1 Å². The third-order valence-corrected chi connectivity index (χ3v) is 2.96. The van der Waals surface area contributed by atoms with Gasteiger partial charge in [0, 0.05) is 39.4 Å². The molecule has 1 aromatic rings. The second-order valence-corrected chi connectivity index (χ2v) is 4.65. The van der Waals surface area contributed by atoms with Gasteiger partial charge in [0.15, 0.2) is 0 Å². The molecule has 0 heterocycles. The molecule has 3 N–H and O–H groups in total. The Bertz CT molecular complexity index is 489. The van der Waals surface area contributed by atoms with Gasteiger partial charge in [0.1, 0.15) is 0 Å². The standard InChI is InChI=1S/C15H23N3O3/c1-11-4-5-13(16-2)12(10-11)15(20)18-7-6-14(19)17-8-9-21-3/h4-5,10,16H,6-9H2,1-3H3,(H,17,19)(H,18,20). The lowest BCUT2D eigenvalue weighted by atomic mass is 10.1. The molecule has 6 nitrogen and oxygen atoms in total. The van der Waals surface area contributed by atoms with Gasteiger partial charge in [0.25, 0.3) is 5.91 Å². The second-order valence-electron chi connectivity index (χ2n) is 4.65. The fraction of sp³-hybridized carbons (Fsp3) is 0.467. The maximum atomic E-state index is 12.1. The summed E-state index contributed by atoms with van der Waals surface area (Å²) in [6.45, 7) is 3.19. The van der Waals surface area contributed by atoms with Gasteiger partial charge >= 0.3 is 0 Å². The summed E-state index contributed by atoms with van der Waals surface area (Å²) in [5.41, 5.74) is 2.36. The van der Waals surface area contributed by atoms with E-state index < -0.39 is 0 Å². The Labute approximate surface area is 125 Å². The van der Waals surface area contributed by atoms with Crippen LogP contribution in [0.4, 0.5) is 5.69 Å². The van der Waals surface area contributed by atoms with Crippen LogP contribution >= 0.6 is 0 Å². The van der Waals surface area contributed by atoms with Gasteiger partial charge < -0.3 is 20.7 Å². The van der Waals surface area contributed by atoms with Gasteiger partial charge in [-0.2, -0.15) is 0 Å². The van der Waals surface area contributed by atoms with Crippen LogP contribution < -0.4 is 16.0 Å². The Hall–Kier alpha value is -2.08. The minimum atomic E-state index is -0.187. The molecule has 0 aromatic heterocycles. The summed E-state index contributed by atoms with van der Waals surface area (Å²) in [6.07, 6.45) is 0.246. The quantitative estimate of drug-likeness (QED) is 0.623. The summed E-state index contributed by atoms with van der Waals surface area (Å²) in [5.74, 6) is -0.293. The van der Waals surface area contributed by atoms with Gasteiger partial charge in [0.05, 0.1) is 12.2 Å². The maximum Gasteiger partial charge on any atom is 0.253 e. The summed E-state index contributed by atoms with van der Waals surface area (Å²) >= 11 is 0. The lowest BCUT2D eigenvalue weighted by Gasteiger charge is -2.11. The Morgan fingerprint density at radius 2 is 1.95 bits per heavy atom. The van der Waals surface area contributed by atoms with Crippen LogP contribution in [-0.2, 0) is 9.53 Å². The second kappa shape index (κ2) is 8.97. The first kappa shape index (κ1) is 17.0. The zero-order valence-corrected chi connectivity index (χ0v) is 12.8. The van der Waals surface area contributed by atoms with Crippen LogP contribution in [0.25, 0.3) is 0 Å². The van der Waals surface area contributed by atoms with Gasteiger partial charge in [-0.25, -0.2) is 0 Å². The molecule has 21 heavy (non-hydrogen) atoms. The lowest BCUT2D eigenvalue weighted by molar-refractivity contribution is -0.121. The number of carbonyl (C=O) groups excluding carboxylic acids is 2. The van der Waals surface area contributed by atoms with Crippen LogP contribution in [0.3, 0.4) is 0 Å². The molecule has 0 bridgehead atoms. The van der Waals surface area contributed by atoms with Crippen molar-refractivity contribution >= 4 is 17.5 Å². The maximum absolute atomic E-state index is 12.1. The number of hydrogen-bond donors (Lipinski definition) is 3. The minimum Gasteiger partial charge on any atom is -0.387 e. The number of nitrogens with one attached hydrogen (secondary N) is 3. The van der Waals surface area contributed by atoms with Gasteiger partial charge in [-0.05, 0) is 19.1 Å². The van der Waals surface area contributed by atoms with E-state index in [-0.39, 0.29) is 18.2 Å². The average Bonchev–Trinajstić information content (AvgIpc) is 2.47. The molecular weight excluding hydrogens is 270 g/mol. The van der Waals surface area contributed by atoms with Crippen molar-refractivity contribution in [1.82, 2.24) is 10.6 Å². The molecule has 0 aliphatic heterocycles. The van der Waals surface area contributed by atoms with E-state index in [0.29, 0.717) is 25.3 Å². The molecular formula is C15H23N3O3. The lowest BCUT2D eigenvalue weighted by Crippen LogP contribution is -2.32. The number of amides is 2. The Kier molecular flexibility index (Phi) is 7.25. The predicted octanol–water partition coefficient (Wildman–Crippen LogP) is 0.919. The highest BCUT2D eigenvalue weighted by molar-refractivity contribution is 5.99. The normalized spacial score (nSPS) is 10.0. The van der Waals surface area contributed by atoms with Crippen LogP contribution in [0.2, 0.25) is 0 Å². The molecule has 0 aliphatic carbocycles. The summed E-state index contributed by atoms with van der Waals surface area (Å²) in [4.78, 5) is 23.6. The van der Waals surface area contributed by atoms with E-state index in [1.165, 1.54) is 0 Å². The first-order valence-corrected chi connectivity index (χ1v) is 6.90. The molecule has 0 unspecified atom stereocenters. The number of carbonyl (C=O) groups is 2. The molecule has 0 radical (unpaired) electrons. The molecule has 2 amide bonds. The van der Waals surface area contributed by atoms with Crippen LogP contribution in [0.1, 0.15) is 22.3 Å². The topological polar surface area (TPSA) is 79.5 Å². The molecule has 0 atom stereocenters. The number of methoxy groups -OCH3 is 1. The number of hydrogen-bond acceptors (Lipinski definition) is 4. The molecule has 1 aromatic carbocycles. The average molecular weight is 293 g/mol. The van der Waals surface area contributed by atoms with Crippen molar-refractivity contribution in [2.45, 2.75) is 13.3 Å². The molecule has 0 aliphatic rings. The molecule has 0 saturated heterocycles. The number of aryl methyl sites for hydroxylation is 1. The molecule has 116 valence electrons. The van der Waals surface area contributed by atoms with Crippen LogP contribution in [0, 0.1) is 6.92 Å². The molecule has 0 fully saturated rings. The van der Waals surface area contributed by atoms with Crippen molar-refractivity contribution in [3.8, 4) is 0 Å². The molecule has 0 spiro atoms. The van der Waals surface area contributed by atoms with E-state index in [9.17, 15) is 9.59 Å². The zero-order chi connectivity index (χ0) is 15.7. The van der Waals surface area contributed by atoms with Crippen molar-refractivity contribution in [3.63, 3.8) is 0 Å². The van der Waals surface area contributed by atoms with Crippen molar-refractivity contribution in [3.05, 3.63) is 29.3 Å². The zero-order valence-electron chi connectivity index (χ0n) is 12.8. The summed E-state index contributed by atoms with van der Waals surface area (Å²) in [6, 6.07) is 5.62. The van der Waals surface area contributed by atoms with Crippen LogP contribution in [0.15, 0.2) is 18.2 Å². The SMILES string of the molecule is CNc1ccc(C)cc1C(=O)NCCC(=O)NCCOC. The van der Waals surface area contributed by atoms with E-state index in [4.69, 9.17) is 4.74 Å². The highest BCUT2D eigenvalue weighted by atomic mass is 16.5. The largest absolute Gasteiger partial charge is 0.387 e. The smallest absolute Gasteiger partial charge is 0.253 e. The Morgan fingerprint density at radius 3 is 2.62 bits per heavy atom. The van der Waals surface area contributed by atoms with E-state index in [2.05, 4.69) is 16.0 Å². The van der Waals surface area contributed by atoms with E-state index in [1.54, 1.807) is 14.2 Å². The number of rotatable bonds is 8. The number of anilines is 1. The van der Waals surface area contributed by atoms with Crippen molar-refractivity contribution in [1.29, 1.82) is 0 Å². The third kappa shape index (κ3) is 5.83. The third-order valence-electron chi connectivity index (χ3n) is 2.96. The van der Waals surface area contributed by atoms with Crippen molar-refractivity contribution in [2.24, 2.45) is 0 Å². The predicted molar refractivity (Wildman–Crippen MR) is 82.6 cm³/mol. The van der Waals surface area contributed by atoms with Gasteiger partial charge in [0.2, 0.25) is 5.91 Å². The van der Waals surface area contributed by atoms with Crippen molar-refractivity contribution in [2.75, 3.05) is 39.2 Å². The van der Waals surface area contributed by atoms with Gasteiger partial charge in [-0.3, -0.25) is 9.59 Å². The fourth-order valence-electron chi connectivity index (χ4n) is 1.83. The summed E-state index contributed by atoms with van der Waals surface area (Å²) in [7, 11) is 3.35. The molecule has 6 heteroatoms. The first-order chi connectivity index (χ1) is 10.1. The molecule has 1 rings (SSSR count). The van der Waals surface area contributed by atoms with Crippen LogP contribution in [-0.4, -0.2) is 45.7 Å². The van der Waals surface area contributed by atoms with E-state index in [0.717, 1.165) is 11.3 Å². The Balaban J connectivity index is 2.44. The fourth-order valence-corrected chi connectivity index (χ4v) is 1.83. The van der Waals surface area contributed by atoms with E-state index >= 15 is 0 Å².